The van der Waals surface area contributed by atoms with Crippen LogP contribution in [0, 0.1) is 0 Å². The van der Waals surface area contributed by atoms with Gasteiger partial charge in [0.25, 0.3) is 5.91 Å². The van der Waals surface area contributed by atoms with Gasteiger partial charge in [0, 0.05) is 25.0 Å². The number of carbonyl (C=O) groups excluding carboxylic acids is 7. The van der Waals surface area contributed by atoms with Gasteiger partial charge in [-0.1, -0.05) is 72.3 Å². The highest BCUT2D eigenvalue weighted by molar-refractivity contribution is 6.29. The molecule has 19 nitrogen and oxygen atoms in total. The number of hydrogen-bond acceptors (Lipinski definition) is 12. The number of aromatic hydroxyl groups is 4. The summed E-state index contributed by atoms with van der Waals surface area (Å²) >= 11 is 6.01. The second kappa shape index (κ2) is 21.1. The molecule has 66 heavy (non-hydrogen) atoms. The van der Waals surface area contributed by atoms with Crippen molar-refractivity contribution in [2.45, 2.75) is 69.0 Å². The third kappa shape index (κ3) is 12.3. The number of phenols is 4. The summed E-state index contributed by atoms with van der Waals surface area (Å²) in [6.45, 7) is 2.53. The predicted octanol–water partition coefficient (Wildman–Crippen LogP) is 2.21. The zero-order valence-corrected chi connectivity index (χ0v) is 36.0. The van der Waals surface area contributed by atoms with Gasteiger partial charge in [-0.2, -0.15) is 0 Å². The van der Waals surface area contributed by atoms with Crippen molar-refractivity contribution >= 4 is 53.0 Å². The zero-order chi connectivity index (χ0) is 47.7. The van der Waals surface area contributed by atoms with E-state index in [1.54, 1.807) is 60.7 Å². The van der Waals surface area contributed by atoms with Gasteiger partial charge in [0.2, 0.25) is 29.5 Å². The number of H-pyrrole nitrogens is 1. The van der Waals surface area contributed by atoms with Crippen LogP contribution in [0.25, 0.3) is 0 Å². The molecule has 1 aliphatic heterocycles. The molecule has 5 aromatic rings. The van der Waals surface area contributed by atoms with Gasteiger partial charge in [0.05, 0.1) is 0 Å². The lowest BCUT2D eigenvalue weighted by Gasteiger charge is -2.31. The number of esters is 1. The fraction of sp³-hybridized carbons (Fsp3) is 0.239. The molecule has 11 N–H and O–H groups in total. The summed E-state index contributed by atoms with van der Waals surface area (Å²) < 4.78 is 5.81. The number of carbonyl (C=O) groups is 7. The number of nitrogens with one attached hydrogen (secondary N) is 7. The number of ether oxygens (including phenoxy) is 1. The number of cyclic esters (lactones) is 1. The first-order chi connectivity index (χ1) is 31.4. The van der Waals surface area contributed by atoms with Crippen molar-refractivity contribution in [2.24, 2.45) is 0 Å². The lowest BCUT2D eigenvalue weighted by Crippen LogP contribution is -2.62. The Morgan fingerprint density at radius 2 is 1.20 bits per heavy atom. The highest BCUT2D eigenvalue weighted by Gasteiger charge is 2.39. The molecule has 4 aromatic carbocycles. The molecule has 1 unspecified atom stereocenters. The largest absolute Gasteiger partial charge is 0.508 e. The van der Waals surface area contributed by atoms with Gasteiger partial charge >= 0.3 is 5.97 Å². The number of halogens is 1. The Hall–Kier alpha value is -8.06. The normalized spacial score (nSPS) is 21.2. The Labute approximate surface area is 381 Å². The highest BCUT2D eigenvalue weighted by Crippen LogP contribution is 2.29. The summed E-state index contributed by atoms with van der Waals surface area (Å²) in [6, 6.07) is 16.2. The minimum Gasteiger partial charge on any atom is -0.508 e. The first kappa shape index (κ1) is 47.4. The number of amides is 6. The average Bonchev–Trinajstić information content (AvgIpc) is 3.71. The smallest absolute Gasteiger partial charge is 0.333 e. The maximum atomic E-state index is 14.6. The Balaban J connectivity index is 1.43. The van der Waals surface area contributed by atoms with Crippen LogP contribution in [-0.2, 0) is 46.3 Å². The first-order valence-corrected chi connectivity index (χ1v) is 20.8. The molecule has 7 atom stereocenters. The lowest BCUT2D eigenvalue weighted by atomic mass is 10.0. The first-order valence-electron chi connectivity index (χ1n) is 20.5. The summed E-state index contributed by atoms with van der Waals surface area (Å²) in [5.74, 6) is -9.11. The summed E-state index contributed by atoms with van der Waals surface area (Å²) in [6.07, 6.45) is -1.89. The molecular weight excluding hydrogens is 878 g/mol. The van der Waals surface area contributed by atoms with Gasteiger partial charge in [0.15, 0.2) is 6.04 Å². The lowest BCUT2D eigenvalue weighted by molar-refractivity contribution is -0.156. The molecule has 6 amide bonds. The minimum absolute atomic E-state index is 0.0162. The molecular formula is C46H46ClN7O12. The van der Waals surface area contributed by atoms with Crippen LogP contribution in [0.3, 0.4) is 0 Å². The molecule has 1 aromatic heterocycles. The van der Waals surface area contributed by atoms with Crippen molar-refractivity contribution in [3.05, 3.63) is 142 Å². The van der Waals surface area contributed by atoms with Crippen molar-refractivity contribution in [2.75, 3.05) is 0 Å². The van der Waals surface area contributed by atoms with Crippen LogP contribution in [0.1, 0.15) is 58.7 Å². The summed E-state index contributed by atoms with van der Waals surface area (Å²) in [7, 11) is 0. The molecule has 0 saturated carbocycles. The van der Waals surface area contributed by atoms with E-state index in [0.29, 0.717) is 11.1 Å². The van der Waals surface area contributed by atoms with E-state index in [2.05, 4.69) is 36.9 Å². The quantitative estimate of drug-likeness (QED) is 0.0900. The number of aromatic amines is 1. The van der Waals surface area contributed by atoms with Gasteiger partial charge in [-0.3, -0.25) is 28.8 Å². The van der Waals surface area contributed by atoms with E-state index in [1.165, 1.54) is 26.0 Å². The van der Waals surface area contributed by atoms with Crippen LogP contribution in [0.4, 0.5) is 0 Å². The fourth-order valence-corrected chi connectivity index (χ4v) is 7.27. The van der Waals surface area contributed by atoms with Crippen LogP contribution < -0.4 is 31.9 Å². The maximum Gasteiger partial charge on any atom is 0.333 e. The second-order valence-corrected chi connectivity index (χ2v) is 15.9. The number of benzene rings is 4. The van der Waals surface area contributed by atoms with Gasteiger partial charge in [-0.05, 0) is 72.5 Å². The molecule has 0 radical (unpaired) electrons. The standard InChI is InChI=1S/C46H46ClN7O12/c1-23-40(59)53-38(27-17-29(55)21-30(56)18-27)45(64)54-39(28-19-31(57)22-32(58)20-28)46(65)66-24(2)37(44(63)51-34(42(61)48-23)15-25-9-5-3-6-10-25)52-43(62)35(16-26-11-7-4-8-12-26)50-41(60)33-13-14-36(47)49-33/h3-14,17-24,34-35,37-39,49,55-58H,15-16H2,1-2H3,(H,48,61)(H,50,60)(H,51,63)(H,52,62)(H,53,59)(H,54,64)/t23-,24-,34-,35+,37-,38?,39+/m1/s1. The van der Waals surface area contributed by atoms with Crippen molar-refractivity contribution in [1.29, 1.82) is 0 Å². The van der Waals surface area contributed by atoms with Crippen molar-refractivity contribution in [1.82, 2.24) is 36.9 Å². The fourth-order valence-electron chi connectivity index (χ4n) is 7.11. The molecule has 2 heterocycles. The zero-order valence-electron chi connectivity index (χ0n) is 35.3. The van der Waals surface area contributed by atoms with Crippen molar-refractivity contribution in [3.8, 4) is 23.0 Å². The molecule has 20 heteroatoms. The Morgan fingerprint density at radius 3 is 1.76 bits per heavy atom. The number of rotatable bonds is 10. The highest BCUT2D eigenvalue weighted by atomic mass is 35.5. The van der Waals surface area contributed by atoms with Crippen LogP contribution in [0.5, 0.6) is 23.0 Å². The Bertz CT molecular complexity index is 2570. The number of aromatic nitrogens is 1. The monoisotopic (exact) mass is 923 g/mol. The van der Waals surface area contributed by atoms with Gasteiger partial charge < -0.3 is 62.0 Å². The molecule has 1 aliphatic rings. The molecule has 6 rings (SSSR count). The Kier molecular flexibility index (Phi) is 15.1. The molecule has 0 spiro atoms. The maximum absolute atomic E-state index is 14.6. The average molecular weight is 924 g/mol. The van der Waals surface area contributed by atoms with Crippen molar-refractivity contribution in [3.63, 3.8) is 0 Å². The van der Waals surface area contributed by atoms with Gasteiger partial charge in [0.1, 0.15) is 70.2 Å². The molecule has 0 aliphatic carbocycles. The van der Waals surface area contributed by atoms with Crippen LogP contribution in [0.2, 0.25) is 5.15 Å². The summed E-state index contributed by atoms with van der Waals surface area (Å²) in [4.78, 5) is 102. The van der Waals surface area contributed by atoms with E-state index in [-0.39, 0.29) is 34.8 Å². The SMILES string of the molecule is C[C@H]1NC(=O)[C@@H](Cc2ccccc2)NC(=O)[C@H](NC(=O)[C@H](Cc2ccccc2)NC(=O)c2ccc(Cl)[nH]2)[C@@H](C)OC(=O)[C@H](c2cc(O)cc(O)c2)NC(=O)C(c2cc(O)cc(O)c2)NC1=O. The van der Waals surface area contributed by atoms with Gasteiger partial charge in [-0.15, -0.1) is 0 Å². The van der Waals surface area contributed by atoms with E-state index in [9.17, 15) is 54.0 Å². The third-order valence-electron chi connectivity index (χ3n) is 10.4. The molecule has 344 valence electrons. The van der Waals surface area contributed by atoms with E-state index in [0.717, 1.165) is 36.4 Å². The topological polar surface area (TPSA) is 298 Å². The molecule has 1 saturated heterocycles. The van der Waals surface area contributed by atoms with Crippen LogP contribution >= 0.6 is 11.6 Å². The van der Waals surface area contributed by atoms with E-state index in [1.807, 2.05) is 0 Å². The van der Waals surface area contributed by atoms with Crippen molar-refractivity contribution < 1.29 is 58.7 Å². The van der Waals surface area contributed by atoms with Crippen LogP contribution in [0.15, 0.2) is 109 Å². The molecule has 1 fully saturated rings. The number of hydrogen-bond donors (Lipinski definition) is 11. The minimum atomic E-state index is -1.92. The molecule has 0 bridgehead atoms. The summed E-state index contributed by atoms with van der Waals surface area (Å²) in [5, 5.41) is 56.9. The number of phenolic OH excluding ortho intramolecular Hbond substituents is 4. The second-order valence-electron chi connectivity index (χ2n) is 15.5. The third-order valence-corrected chi connectivity index (χ3v) is 10.6. The summed E-state index contributed by atoms with van der Waals surface area (Å²) in [5.41, 5.74) is 0.770. The van der Waals surface area contributed by atoms with E-state index < -0.39 is 107 Å². The Morgan fingerprint density at radius 1 is 0.652 bits per heavy atom. The van der Waals surface area contributed by atoms with E-state index >= 15 is 0 Å². The van der Waals surface area contributed by atoms with Crippen LogP contribution in [-0.4, -0.2) is 97.1 Å². The predicted molar refractivity (Wildman–Crippen MR) is 236 cm³/mol. The van der Waals surface area contributed by atoms with E-state index in [4.69, 9.17) is 16.3 Å². The van der Waals surface area contributed by atoms with Gasteiger partial charge in [-0.25, -0.2) is 4.79 Å².